The van der Waals surface area contributed by atoms with E-state index in [1.807, 2.05) is 0 Å². The summed E-state index contributed by atoms with van der Waals surface area (Å²) in [6.45, 7) is 4.71. The maximum atomic E-state index is 9.24. The van der Waals surface area contributed by atoms with Gasteiger partial charge in [0.25, 0.3) is 0 Å². The molecular formula is C15H27N3. The minimum atomic E-state index is -0.533. The molecule has 1 aliphatic carbocycles. The number of likely N-dealkylation sites (tertiary alicyclic amines) is 1. The fourth-order valence-electron chi connectivity index (χ4n) is 3.64. The maximum Gasteiger partial charge on any atom is 0.107 e. The van der Waals surface area contributed by atoms with Crippen molar-refractivity contribution in [3.63, 3.8) is 0 Å². The van der Waals surface area contributed by atoms with Crippen LogP contribution in [0.1, 0.15) is 58.3 Å². The normalized spacial score (nSPS) is 38.3. The molecule has 2 rings (SSSR count). The molecule has 0 bridgehead atoms. The first kappa shape index (κ1) is 13.8. The Bertz CT molecular complexity index is 309. The number of hydrogen-bond donors (Lipinski definition) is 1. The molecule has 0 aromatic carbocycles. The van der Waals surface area contributed by atoms with Crippen molar-refractivity contribution in [3.05, 3.63) is 0 Å². The molecule has 0 amide bonds. The first-order valence-electron chi connectivity index (χ1n) is 7.60. The highest BCUT2D eigenvalue weighted by atomic mass is 15.1. The van der Waals surface area contributed by atoms with Crippen molar-refractivity contribution < 1.29 is 0 Å². The molecule has 0 radical (unpaired) electrons. The fraction of sp³-hybridized carbons (Fsp3) is 0.933. The van der Waals surface area contributed by atoms with Crippen molar-refractivity contribution in [2.45, 2.75) is 69.9 Å². The van der Waals surface area contributed by atoms with Gasteiger partial charge in [-0.3, -0.25) is 0 Å². The van der Waals surface area contributed by atoms with Gasteiger partial charge in [-0.25, -0.2) is 0 Å². The summed E-state index contributed by atoms with van der Waals surface area (Å²) in [5.41, 5.74) is 5.67. The third-order valence-corrected chi connectivity index (χ3v) is 5.04. The zero-order valence-corrected chi connectivity index (χ0v) is 11.7. The van der Waals surface area contributed by atoms with Crippen LogP contribution in [0.2, 0.25) is 0 Å². The Morgan fingerprint density at radius 2 is 2.11 bits per heavy atom. The molecule has 1 heterocycles. The molecule has 0 spiro atoms. The first-order chi connectivity index (χ1) is 8.65. The Morgan fingerprint density at radius 3 is 2.89 bits per heavy atom. The molecule has 1 saturated heterocycles. The van der Waals surface area contributed by atoms with Gasteiger partial charge in [-0.2, -0.15) is 5.26 Å². The summed E-state index contributed by atoms with van der Waals surface area (Å²) in [4.78, 5) is 2.61. The molecule has 2 N–H and O–H groups in total. The third kappa shape index (κ3) is 3.05. The second-order valence-corrected chi connectivity index (χ2v) is 6.26. The predicted molar refractivity (Wildman–Crippen MR) is 74.0 cm³/mol. The second kappa shape index (κ2) is 6.04. The number of nitriles is 1. The molecule has 3 nitrogen and oxygen atoms in total. The molecule has 0 aromatic rings. The summed E-state index contributed by atoms with van der Waals surface area (Å²) < 4.78 is 0. The molecule has 0 aromatic heterocycles. The van der Waals surface area contributed by atoms with Gasteiger partial charge < -0.3 is 10.6 Å². The van der Waals surface area contributed by atoms with Crippen molar-refractivity contribution in [1.29, 1.82) is 5.26 Å². The van der Waals surface area contributed by atoms with Crippen LogP contribution in [0.15, 0.2) is 0 Å². The lowest BCUT2D eigenvalue weighted by Crippen LogP contribution is -2.44. The lowest BCUT2D eigenvalue weighted by molar-refractivity contribution is 0.190. The zero-order chi connectivity index (χ0) is 13.0. The van der Waals surface area contributed by atoms with E-state index in [0.29, 0.717) is 12.0 Å². The Hall–Kier alpha value is -0.590. The van der Waals surface area contributed by atoms with Crippen LogP contribution in [0, 0.1) is 17.2 Å². The number of nitrogens with two attached hydrogens (primary N) is 1. The molecular weight excluding hydrogens is 222 g/mol. The third-order valence-electron chi connectivity index (χ3n) is 5.04. The average molecular weight is 249 g/mol. The van der Waals surface area contributed by atoms with Crippen molar-refractivity contribution in [2.75, 3.05) is 13.1 Å². The largest absolute Gasteiger partial charge is 0.313 e. The van der Waals surface area contributed by atoms with Crippen LogP contribution in [0.3, 0.4) is 0 Å². The minimum absolute atomic E-state index is 0.415. The van der Waals surface area contributed by atoms with E-state index >= 15 is 0 Å². The monoisotopic (exact) mass is 249 g/mol. The SMILES string of the molecule is CC1CCCCCN1CCC1CCCC1(N)C#N. The highest BCUT2D eigenvalue weighted by molar-refractivity contribution is 5.12. The predicted octanol–water partition coefficient (Wildman–Crippen LogP) is 2.66. The summed E-state index contributed by atoms with van der Waals surface area (Å²) in [5.74, 6) is 0.415. The molecule has 1 aliphatic heterocycles. The molecule has 102 valence electrons. The fourth-order valence-corrected chi connectivity index (χ4v) is 3.64. The first-order valence-corrected chi connectivity index (χ1v) is 7.60. The van der Waals surface area contributed by atoms with Gasteiger partial charge >= 0.3 is 0 Å². The zero-order valence-electron chi connectivity index (χ0n) is 11.7. The molecule has 2 aliphatic rings. The van der Waals surface area contributed by atoms with Crippen molar-refractivity contribution in [2.24, 2.45) is 11.7 Å². The van der Waals surface area contributed by atoms with Crippen LogP contribution in [0.5, 0.6) is 0 Å². The highest BCUT2D eigenvalue weighted by Gasteiger charge is 2.39. The molecule has 3 heteroatoms. The Morgan fingerprint density at radius 1 is 1.28 bits per heavy atom. The van der Waals surface area contributed by atoms with Crippen LogP contribution >= 0.6 is 0 Å². The van der Waals surface area contributed by atoms with Gasteiger partial charge in [0.15, 0.2) is 0 Å². The van der Waals surface area contributed by atoms with Crippen LogP contribution in [0.25, 0.3) is 0 Å². The number of rotatable bonds is 3. The van der Waals surface area contributed by atoms with Crippen LogP contribution in [-0.4, -0.2) is 29.6 Å². The van der Waals surface area contributed by atoms with Crippen LogP contribution in [-0.2, 0) is 0 Å². The van der Waals surface area contributed by atoms with Gasteiger partial charge in [-0.1, -0.05) is 19.3 Å². The maximum absolute atomic E-state index is 9.24. The van der Waals surface area contributed by atoms with E-state index in [4.69, 9.17) is 5.73 Å². The minimum Gasteiger partial charge on any atom is -0.313 e. The highest BCUT2D eigenvalue weighted by Crippen LogP contribution is 2.35. The van der Waals surface area contributed by atoms with E-state index in [2.05, 4.69) is 17.9 Å². The van der Waals surface area contributed by atoms with Gasteiger partial charge in [-0.05, 0) is 58.0 Å². The Labute approximate surface area is 111 Å². The van der Waals surface area contributed by atoms with Gasteiger partial charge in [0, 0.05) is 6.04 Å². The molecule has 1 saturated carbocycles. The van der Waals surface area contributed by atoms with Gasteiger partial charge in [0.05, 0.1) is 6.07 Å². The van der Waals surface area contributed by atoms with Crippen LogP contribution in [0.4, 0.5) is 0 Å². The van der Waals surface area contributed by atoms with Gasteiger partial charge in [0.1, 0.15) is 5.54 Å². The lowest BCUT2D eigenvalue weighted by Gasteiger charge is -2.30. The quantitative estimate of drug-likeness (QED) is 0.836. The standard InChI is InChI=1S/C15H27N3/c1-13-6-3-2-4-10-18(13)11-8-14-7-5-9-15(14,17)12-16/h13-14H,2-11,17H2,1H3. The molecule has 2 fully saturated rings. The summed E-state index contributed by atoms with van der Waals surface area (Å²) in [6, 6.07) is 3.07. The summed E-state index contributed by atoms with van der Waals surface area (Å²) >= 11 is 0. The van der Waals surface area contributed by atoms with Gasteiger partial charge in [0.2, 0.25) is 0 Å². The van der Waals surface area contributed by atoms with E-state index in [1.54, 1.807) is 0 Å². The topological polar surface area (TPSA) is 53.0 Å². The summed E-state index contributed by atoms with van der Waals surface area (Å²) in [5, 5.41) is 9.24. The second-order valence-electron chi connectivity index (χ2n) is 6.26. The van der Waals surface area contributed by atoms with E-state index in [9.17, 15) is 5.26 Å². The lowest BCUT2D eigenvalue weighted by atomic mass is 9.87. The average Bonchev–Trinajstić information content (AvgIpc) is 2.61. The molecule has 3 atom stereocenters. The van der Waals surface area contributed by atoms with Gasteiger partial charge in [-0.15, -0.1) is 0 Å². The Kier molecular flexibility index (Phi) is 4.64. The van der Waals surface area contributed by atoms with E-state index < -0.39 is 5.54 Å². The smallest absolute Gasteiger partial charge is 0.107 e. The summed E-state index contributed by atoms with van der Waals surface area (Å²) in [6.07, 6.45) is 9.69. The molecule has 3 unspecified atom stereocenters. The summed E-state index contributed by atoms with van der Waals surface area (Å²) in [7, 11) is 0. The number of hydrogen-bond acceptors (Lipinski definition) is 3. The van der Waals surface area contributed by atoms with Crippen molar-refractivity contribution >= 4 is 0 Å². The number of nitrogens with zero attached hydrogens (tertiary/aromatic N) is 2. The Balaban J connectivity index is 1.85. The van der Waals surface area contributed by atoms with Crippen molar-refractivity contribution in [1.82, 2.24) is 4.90 Å². The van der Waals surface area contributed by atoms with E-state index in [0.717, 1.165) is 32.2 Å². The van der Waals surface area contributed by atoms with Crippen LogP contribution < -0.4 is 5.73 Å². The van der Waals surface area contributed by atoms with Crippen molar-refractivity contribution in [3.8, 4) is 6.07 Å². The van der Waals surface area contributed by atoms with E-state index in [1.165, 1.54) is 32.2 Å². The van der Waals surface area contributed by atoms with E-state index in [-0.39, 0.29) is 0 Å². The molecule has 18 heavy (non-hydrogen) atoms.